The van der Waals surface area contributed by atoms with E-state index >= 15 is 0 Å². The van der Waals surface area contributed by atoms with Gasteiger partial charge in [0.1, 0.15) is 12.1 Å². The number of benzene rings is 2. The van der Waals surface area contributed by atoms with Gasteiger partial charge in [0.25, 0.3) is 0 Å². The van der Waals surface area contributed by atoms with Gasteiger partial charge in [0.2, 0.25) is 5.91 Å². The molecule has 2 amide bonds. The second-order valence-corrected chi connectivity index (χ2v) is 10.1. The lowest BCUT2D eigenvalue weighted by Gasteiger charge is -2.34. The molecule has 0 saturated heterocycles. The molecule has 3 aliphatic rings. The fourth-order valence-corrected chi connectivity index (χ4v) is 6.04. The number of carboxylic acid groups (broad SMARTS) is 1. The van der Waals surface area contributed by atoms with Crippen molar-refractivity contribution in [2.24, 2.45) is 5.92 Å². The SMILES string of the molecule is O=C(N[C@H]1CC[C@@H](C(=O)NC2(C(=O)O)CCCCC2)C1)OCC1c2ccccc2-c2ccccc21. The summed E-state index contributed by atoms with van der Waals surface area (Å²) in [6, 6.07) is 16.2. The van der Waals surface area contributed by atoms with Crippen LogP contribution in [0.3, 0.4) is 0 Å². The van der Waals surface area contributed by atoms with Crippen LogP contribution in [0.5, 0.6) is 0 Å². The molecule has 3 aliphatic carbocycles. The zero-order valence-electron chi connectivity index (χ0n) is 19.8. The molecule has 2 aromatic rings. The van der Waals surface area contributed by atoms with E-state index in [9.17, 15) is 19.5 Å². The van der Waals surface area contributed by atoms with Crippen LogP contribution in [-0.2, 0) is 14.3 Å². The van der Waals surface area contributed by atoms with Crippen LogP contribution in [0.4, 0.5) is 4.79 Å². The third-order valence-electron chi connectivity index (χ3n) is 7.95. The monoisotopic (exact) mass is 476 g/mol. The first-order valence-electron chi connectivity index (χ1n) is 12.6. The summed E-state index contributed by atoms with van der Waals surface area (Å²) in [5.41, 5.74) is 3.54. The number of hydrogen-bond donors (Lipinski definition) is 3. The summed E-state index contributed by atoms with van der Waals surface area (Å²) in [7, 11) is 0. The molecule has 2 atom stereocenters. The fraction of sp³-hybridized carbons (Fsp3) is 0.464. The van der Waals surface area contributed by atoms with Gasteiger partial charge in [0.15, 0.2) is 0 Å². The molecule has 0 unspecified atom stereocenters. The van der Waals surface area contributed by atoms with Crippen molar-refractivity contribution < 1.29 is 24.2 Å². The Balaban J connectivity index is 1.14. The third-order valence-corrected chi connectivity index (χ3v) is 7.95. The lowest BCUT2D eigenvalue weighted by molar-refractivity contribution is -0.150. The van der Waals surface area contributed by atoms with E-state index in [4.69, 9.17) is 4.74 Å². The van der Waals surface area contributed by atoms with Crippen LogP contribution in [0, 0.1) is 5.92 Å². The molecule has 184 valence electrons. The summed E-state index contributed by atoms with van der Waals surface area (Å²) in [4.78, 5) is 37.4. The van der Waals surface area contributed by atoms with Crippen LogP contribution < -0.4 is 10.6 Å². The largest absolute Gasteiger partial charge is 0.480 e. The smallest absolute Gasteiger partial charge is 0.407 e. The summed E-state index contributed by atoms with van der Waals surface area (Å²) in [5.74, 6) is -1.46. The summed E-state index contributed by atoms with van der Waals surface area (Å²) in [6.07, 6.45) is 4.87. The maximum absolute atomic E-state index is 12.9. The number of carbonyl (C=O) groups is 3. The van der Waals surface area contributed by atoms with Crippen molar-refractivity contribution in [2.45, 2.75) is 68.9 Å². The van der Waals surface area contributed by atoms with Crippen LogP contribution in [-0.4, -0.2) is 41.3 Å². The first-order chi connectivity index (χ1) is 17.0. The molecular formula is C28H32N2O5. The van der Waals surface area contributed by atoms with E-state index in [-0.39, 0.29) is 30.4 Å². The number of aliphatic carboxylic acids is 1. The highest BCUT2D eigenvalue weighted by atomic mass is 16.5. The second kappa shape index (κ2) is 9.72. The van der Waals surface area contributed by atoms with Gasteiger partial charge in [-0.05, 0) is 54.4 Å². The van der Waals surface area contributed by atoms with Crippen molar-refractivity contribution in [3.05, 3.63) is 59.7 Å². The molecule has 0 aromatic heterocycles. The number of fused-ring (bicyclic) bond motifs is 3. The van der Waals surface area contributed by atoms with Crippen molar-refractivity contribution in [3.8, 4) is 11.1 Å². The standard InChI is InChI=1S/C28H32N2O5/c31-25(30-28(26(32)33)14-6-1-7-15-28)18-12-13-19(16-18)29-27(34)35-17-24-22-10-4-2-8-20(22)21-9-3-5-11-23(21)24/h2-5,8-11,18-19,24H,1,6-7,12-17H2,(H,29,34)(H,30,31)(H,32,33)/t18-,19+/m1/s1. The Morgan fingerprint density at radius 3 is 2.17 bits per heavy atom. The van der Waals surface area contributed by atoms with Crippen molar-refractivity contribution in [1.82, 2.24) is 10.6 Å². The number of alkyl carbamates (subject to hydrolysis) is 1. The van der Waals surface area contributed by atoms with E-state index in [1.807, 2.05) is 24.3 Å². The van der Waals surface area contributed by atoms with Crippen LogP contribution in [0.25, 0.3) is 11.1 Å². The minimum Gasteiger partial charge on any atom is -0.480 e. The van der Waals surface area contributed by atoms with Gasteiger partial charge in [-0.25, -0.2) is 9.59 Å². The minimum absolute atomic E-state index is 0.00189. The fourth-order valence-electron chi connectivity index (χ4n) is 6.04. The van der Waals surface area contributed by atoms with E-state index < -0.39 is 17.6 Å². The molecule has 5 rings (SSSR count). The van der Waals surface area contributed by atoms with Gasteiger partial charge in [-0.2, -0.15) is 0 Å². The van der Waals surface area contributed by atoms with E-state index in [0.717, 1.165) is 30.4 Å². The zero-order valence-corrected chi connectivity index (χ0v) is 19.8. The predicted octanol–water partition coefficient (Wildman–Crippen LogP) is 4.60. The Kier molecular flexibility index (Phi) is 6.50. The summed E-state index contributed by atoms with van der Waals surface area (Å²) >= 11 is 0. The van der Waals surface area contributed by atoms with Crippen LogP contribution in [0.2, 0.25) is 0 Å². The van der Waals surface area contributed by atoms with Gasteiger partial charge in [0.05, 0.1) is 0 Å². The number of carbonyl (C=O) groups excluding carboxylic acids is 2. The molecule has 0 radical (unpaired) electrons. The molecule has 0 bridgehead atoms. The summed E-state index contributed by atoms with van der Waals surface area (Å²) in [5, 5.41) is 15.5. The van der Waals surface area contributed by atoms with E-state index in [1.165, 1.54) is 11.1 Å². The van der Waals surface area contributed by atoms with Crippen molar-refractivity contribution in [2.75, 3.05) is 6.61 Å². The average molecular weight is 477 g/mol. The molecule has 7 nitrogen and oxygen atoms in total. The average Bonchev–Trinajstić information content (AvgIpc) is 3.46. The number of hydrogen-bond acceptors (Lipinski definition) is 4. The van der Waals surface area contributed by atoms with Gasteiger partial charge in [-0.1, -0.05) is 67.8 Å². The van der Waals surface area contributed by atoms with E-state index in [0.29, 0.717) is 32.1 Å². The van der Waals surface area contributed by atoms with Gasteiger partial charge in [-0.15, -0.1) is 0 Å². The van der Waals surface area contributed by atoms with Crippen molar-refractivity contribution in [1.29, 1.82) is 0 Å². The lowest BCUT2D eigenvalue weighted by atomic mass is 9.81. The zero-order chi connectivity index (χ0) is 24.4. The highest BCUT2D eigenvalue weighted by Crippen LogP contribution is 2.44. The lowest BCUT2D eigenvalue weighted by Crippen LogP contribution is -2.56. The number of carboxylic acids is 1. The first-order valence-corrected chi connectivity index (χ1v) is 12.6. The van der Waals surface area contributed by atoms with Crippen molar-refractivity contribution >= 4 is 18.0 Å². The number of amides is 2. The third kappa shape index (κ3) is 4.64. The highest BCUT2D eigenvalue weighted by Gasteiger charge is 2.43. The Hall–Kier alpha value is -3.35. The second-order valence-electron chi connectivity index (χ2n) is 10.1. The molecule has 2 fully saturated rings. The maximum atomic E-state index is 12.9. The van der Waals surface area contributed by atoms with E-state index in [1.54, 1.807) is 0 Å². The molecule has 2 saturated carbocycles. The molecular weight excluding hydrogens is 444 g/mol. The molecule has 3 N–H and O–H groups in total. The Labute approximate surface area is 205 Å². The van der Waals surface area contributed by atoms with Crippen LogP contribution >= 0.6 is 0 Å². The van der Waals surface area contributed by atoms with Gasteiger partial charge >= 0.3 is 12.1 Å². The number of rotatable bonds is 6. The highest BCUT2D eigenvalue weighted by molar-refractivity contribution is 5.88. The maximum Gasteiger partial charge on any atom is 0.407 e. The summed E-state index contributed by atoms with van der Waals surface area (Å²) < 4.78 is 5.64. The molecule has 0 aliphatic heterocycles. The van der Waals surface area contributed by atoms with Crippen LogP contribution in [0.1, 0.15) is 68.4 Å². The van der Waals surface area contributed by atoms with E-state index in [2.05, 4.69) is 34.9 Å². The molecule has 0 heterocycles. The predicted molar refractivity (Wildman–Crippen MR) is 131 cm³/mol. The van der Waals surface area contributed by atoms with Gasteiger partial charge in [-0.3, -0.25) is 4.79 Å². The van der Waals surface area contributed by atoms with Gasteiger partial charge in [0, 0.05) is 17.9 Å². The number of nitrogens with one attached hydrogen (secondary N) is 2. The molecule has 2 aromatic carbocycles. The first kappa shape index (κ1) is 23.4. The minimum atomic E-state index is -1.15. The van der Waals surface area contributed by atoms with Crippen molar-refractivity contribution in [3.63, 3.8) is 0 Å². The Bertz CT molecular complexity index is 1080. The quantitative estimate of drug-likeness (QED) is 0.565. The molecule has 0 spiro atoms. The molecule has 35 heavy (non-hydrogen) atoms. The topological polar surface area (TPSA) is 105 Å². The Morgan fingerprint density at radius 1 is 0.914 bits per heavy atom. The molecule has 7 heteroatoms. The normalized spacial score (nSPS) is 22.6. The number of ether oxygens (including phenoxy) is 1. The van der Waals surface area contributed by atoms with Gasteiger partial charge < -0.3 is 20.5 Å². The summed E-state index contributed by atoms with van der Waals surface area (Å²) in [6.45, 7) is 0.248. The Morgan fingerprint density at radius 2 is 1.54 bits per heavy atom. The van der Waals surface area contributed by atoms with Crippen LogP contribution in [0.15, 0.2) is 48.5 Å².